The summed E-state index contributed by atoms with van der Waals surface area (Å²) in [5, 5.41) is 23.5. The van der Waals surface area contributed by atoms with Crippen molar-refractivity contribution in [1.29, 1.82) is 0 Å². The van der Waals surface area contributed by atoms with Gasteiger partial charge in [-0.25, -0.2) is 0 Å². The molecule has 0 aliphatic heterocycles. The Bertz CT molecular complexity index is 1220. The van der Waals surface area contributed by atoms with Gasteiger partial charge in [-0.15, -0.1) is 20.4 Å². The second kappa shape index (κ2) is 17.1. The summed E-state index contributed by atoms with van der Waals surface area (Å²) in [5.41, 5.74) is 3.66. The summed E-state index contributed by atoms with van der Waals surface area (Å²) in [6.45, 7) is 5.57. The molecule has 9 nitrogen and oxygen atoms in total. The summed E-state index contributed by atoms with van der Waals surface area (Å²) >= 11 is 2.83. The molecule has 0 saturated heterocycles. The maximum absolute atomic E-state index is 12.0. The number of hydrogen-bond donors (Lipinski definition) is 2. The third kappa shape index (κ3) is 11.8. The van der Waals surface area contributed by atoms with Crippen LogP contribution in [0.2, 0.25) is 0 Å². The van der Waals surface area contributed by atoms with Gasteiger partial charge in [0.2, 0.25) is 22.1 Å². The minimum atomic E-state index is -0.0396. The normalized spacial score (nSPS) is 13.9. The average molecular weight is 566 g/mol. The fourth-order valence-electron chi connectivity index (χ4n) is 3.87. The lowest BCUT2D eigenvalue weighted by Gasteiger charge is -2.18. The van der Waals surface area contributed by atoms with E-state index in [0.29, 0.717) is 35.4 Å². The monoisotopic (exact) mass is 565 g/mol. The summed E-state index contributed by atoms with van der Waals surface area (Å²) in [7, 11) is 0. The van der Waals surface area contributed by atoms with Gasteiger partial charge in [0.15, 0.2) is 0 Å². The van der Waals surface area contributed by atoms with Gasteiger partial charge >= 0.3 is 0 Å². The molecular formula is C28H35N7O2S2. The third-order valence-corrected chi connectivity index (χ3v) is 7.56. The molecule has 0 bridgehead atoms. The third-order valence-electron chi connectivity index (χ3n) is 5.96. The molecule has 11 heteroatoms. The Morgan fingerprint density at radius 3 is 2.51 bits per heavy atom. The number of nitrogens with zero attached hydrogens (tertiary/aromatic N) is 5. The van der Waals surface area contributed by atoms with Crippen molar-refractivity contribution in [3.8, 4) is 0 Å². The SMILES string of the molecule is C=C/C=C\C=C(/C)CCC(=O)Nc1nncs1.O=C(CCc1ccccn1)Nc1nnc(C2CCCCC2)s1. The van der Waals surface area contributed by atoms with Crippen molar-refractivity contribution >= 4 is 44.8 Å². The van der Waals surface area contributed by atoms with Gasteiger partial charge in [-0.1, -0.05) is 84.5 Å². The van der Waals surface area contributed by atoms with Gasteiger partial charge < -0.3 is 10.6 Å². The summed E-state index contributed by atoms with van der Waals surface area (Å²) in [6.07, 6.45) is 17.7. The van der Waals surface area contributed by atoms with Crippen molar-refractivity contribution in [2.75, 3.05) is 10.6 Å². The molecule has 2 amide bonds. The highest BCUT2D eigenvalue weighted by Gasteiger charge is 2.20. The van der Waals surface area contributed by atoms with E-state index in [1.54, 1.807) is 17.8 Å². The van der Waals surface area contributed by atoms with Crippen LogP contribution in [0.5, 0.6) is 0 Å². The van der Waals surface area contributed by atoms with Gasteiger partial charge in [0.25, 0.3) is 0 Å². The molecule has 3 aromatic rings. The molecule has 2 N–H and O–H groups in total. The van der Waals surface area contributed by atoms with E-state index in [4.69, 9.17) is 0 Å². The molecule has 3 aromatic heterocycles. The highest BCUT2D eigenvalue weighted by atomic mass is 32.1. The van der Waals surface area contributed by atoms with E-state index in [0.717, 1.165) is 22.7 Å². The number of amides is 2. The number of allylic oxidation sites excluding steroid dienone is 5. The number of carbonyl (C=O) groups is 2. The lowest BCUT2D eigenvalue weighted by molar-refractivity contribution is -0.117. The maximum atomic E-state index is 12.0. The number of nitrogens with one attached hydrogen (secondary N) is 2. The molecule has 3 heterocycles. The van der Waals surface area contributed by atoms with E-state index in [1.807, 2.05) is 43.4 Å². The molecule has 0 unspecified atom stereocenters. The van der Waals surface area contributed by atoms with Gasteiger partial charge in [-0.2, -0.15) is 0 Å². The molecule has 39 heavy (non-hydrogen) atoms. The fourth-order valence-corrected chi connectivity index (χ4v) is 5.26. The van der Waals surface area contributed by atoms with E-state index in [-0.39, 0.29) is 11.8 Å². The molecule has 0 aromatic carbocycles. The summed E-state index contributed by atoms with van der Waals surface area (Å²) in [6, 6.07) is 5.73. The van der Waals surface area contributed by atoms with Crippen LogP contribution in [-0.4, -0.2) is 37.2 Å². The van der Waals surface area contributed by atoms with Crippen LogP contribution in [0.4, 0.5) is 10.3 Å². The average Bonchev–Trinajstić information content (AvgIpc) is 3.65. The van der Waals surface area contributed by atoms with E-state index in [9.17, 15) is 9.59 Å². The van der Waals surface area contributed by atoms with Crippen LogP contribution in [0.25, 0.3) is 0 Å². The highest BCUT2D eigenvalue weighted by molar-refractivity contribution is 7.15. The first-order valence-electron chi connectivity index (χ1n) is 13.1. The molecule has 1 aliphatic rings. The van der Waals surface area contributed by atoms with Crippen LogP contribution in [0.1, 0.15) is 74.9 Å². The quantitative estimate of drug-likeness (QED) is 0.255. The molecule has 0 radical (unpaired) electrons. The minimum absolute atomic E-state index is 0.0306. The van der Waals surface area contributed by atoms with E-state index in [1.165, 1.54) is 54.8 Å². The predicted molar refractivity (Wildman–Crippen MR) is 158 cm³/mol. The van der Waals surface area contributed by atoms with Gasteiger partial charge in [0, 0.05) is 30.7 Å². The Balaban J connectivity index is 0.000000224. The van der Waals surface area contributed by atoms with Gasteiger partial charge in [0.1, 0.15) is 10.5 Å². The number of carbonyl (C=O) groups excluding carboxylic acids is 2. The lowest BCUT2D eigenvalue weighted by atomic mass is 9.90. The predicted octanol–water partition coefficient (Wildman–Crippen LogP) is 6.50. The Kier molecular flexibility index (Phi) is 13.1. The van der Waals surface area contributed by atoms with Crippen molar-refractivity contribution in [3.63, 3.8) is 0 Å². The Morgan fingerprint density at radius 1 is 1.00 bits per heavy atom. The van der Waals surface area contributed by atoms with Gasteiger partial charge in [0.05, 0.1) is 0 Å². The molecule has 0 spiro atoms. The van der Waals surface area contributed by atoms with Crippen LogP contribution >= 0.6 is 22.7 Å². The molecule has 1 saturated carbocycles. The van der Waals surface area contributed by atoms with Crippen LogP contribution in [0.15, 0.2) is 66.4 Å². The Labute approximate surface area is 237 Å². The number of aryl methyl sites for hydroxylation is 1. The zero-order chi connectivity index (χ0) is 27.7. The van der Waals surface area contributed by atoms with Crippen LogP contribution in [-0.2, 0) is 16.0 Å². The molecule has 0 atom stereocenters. The van der Waals surface area contributed by atoms with Crippen molar-refractivity contribution in [2.45, 2.75) is 70.6 Å². The number of aromatic nitrogens is 5. The molecular weight excluding hydrogens is 530 g/mol. The standard InChI is InChI=1S/C16H20N4OS.C12H15N3OS/c21-14(10-9-13-8-4-5-11-17-13)18-16-20-19-15(22-16)12-6-2-1-3-7-12;1-3-4-5-6-10(2)7-8-11(16)14-12-15-13-9-17-12/h4-5,8,11-12H,1-3,6-7,9-10H2,(H,18,20,21);3-6,9H,1,7-8H2,2H3,(H,14,15,16)/b;5-4-,10-6+. The molecule has 1 fully saturated rings. The summed E-state index contributed by atoms with van der Waals surface area (Å²) in [4.78, 5) is 27.7. The summed E-state index contributed by atoms with van der Waals surface area (Å²) in [5.74, 6) is 0.463. The number of pyridine rings is 1. The Morgan fingerprint density at radius 2 is 1.79 bits per heavy atom. The van der Waals surface area contributed by atoms with Crippen LogP contribution in [0, 0.1) is 0 Å². The van der Waals surface area contributed by atoms with Crippen LogP contribution < -0.4 is 10.6 Å². The van der Waals surface area contributed by atoms with Crippen molar-refractivity contribution in [1.82, 2.24) is 25.4 Å². The topological polar surface area (TPSA) is 123 Å². The first-order valence-corrected chi connectivity index (χ1v) is 14.8. The van der Waals surface area contributed by atoms with Crippen molar-refractivity contribution < 1.29 is 9.59 Å². The van der Waals surface area contributed by atoms with E-state index < -0.39 is 0 Å². The molecule has 4 rings (SSSR count). The zero-order valence-electron chi connectivity index (χ0n) is 22.2. The lowest BCUT2D eigenvalue weighted by Crippen LogP contribution is -2.12. The first-order chi connectivity index (χ1) is 19.0. The summed E-state index contributed by atoms with van der Waals surface area (Å²) < 4.78 is 0. The van der Waals surface area contributed by atoms with E-state index in [2.05, 4.69) is 42.6 Å². The van der Waals surface area contributed by atoms with Crippen molar-refractivity contribution in [2.24, 2.45) is 0 Å². The van der Waals surface area contributed by atoms with Gasteiger partial charge in [-0.3, -0.25) is 14.6 Å². The molecule has 1 aliphatic carbocycles. The number of anilines is 2. The smallest absolute Gasteiger partial charge is 0.226 e. The maximum Gasteiger partial charge on any atom is 0.226 e. The molecule has 206 valence electrons. The largest absolute Gasteiger partial charge is 0.301 e. The number of hydrogen-bond acceptors (Lipinski definition) is 9. The minimum Gasteiger partial charge on any atom is -0.301 e. The Hall–Kier alpha value is -3.57. The number of rotatable bonds is 11. The first kappa shape index (κ1) is 30.0. The van der Waals surface area contributed by atoms with Crippen molar-refractivity contribution in [3.05, 3.63) is 77.1 Å². The van der Waals surface area contributed by atoms with E-state index >= 15 is 0 Å². The zero-order valence-corrected chi connectivity index (χ0v) is 23.8. The highest BCUT2D eigenvalue weighted by Crippen LogP contribution is 2.35. The second-order valence-electron chi connectivity index (χ2n) is 9.08. The second-order valence-corrected chi connectivity index (χ2v) is 10.9. The van der Waals surface area contributed by atoms with Crippen LogP contribution in [0.3, 0.4) is 0 Å². The fraction of sp³-hybridized carbons (Fsp3) is 0.393. The van der Waals surface area contributed by atoms with Gasteiger partial charge in [-0.05, 0) is 44.7 Å².